The molecule has 2 aromatic heterocycles. The SMILES string of the molecule is Cc1cnc(NCc2cnc(C)s2)c(N)c1. The molecule has 0 saturated carbocycles. The molecule has 0 saturated heterocycles. The van der Waals surface area contributed by atoms with E-state index in [1.807, 2.05) is 26.1 Å². The van der Waals surface area contributed by atoms with E-state index in [1.165, 1.54) is 4.88 Å². The first-order valence-electron chi connectivity index (χ1n) is 5.02. The van der Waals surface area contributed by atoms with E-state index >= 15 is 0 Å². The number of thiazole rings is 1. The predicted octanol–water partition coefficient (Wildman–Crippen LogP) is 2.35. The van der Waals surface area contributed by atoms with E-state index in [1.54, 1.807) is 17.5 Å². The Morgan fingerprint density at radius 3 is 2.75 bits per heavy atom. The second kappa shape index (κ2) is 4.49. The zero-order valence-corrected chi connectivity index (χ0v) is 10.1. The van der Waals surface area contributed by atoms with E-state index in [9.17, 15) is 0 Å². The van der Waals surface area contributed by atoms with Crippen molar-refractivity contribution in [1.82, 2.24) is 9.97 Å². The lowest BCUT2D eigenvalue weighted by Crippen LogP contribution is -2.03. The zero-order valence-electron chi connectivity index (χ0n) is 9.32. The lowest BCUT2D eigenvalue weighted by molar-refractivity contribution is 1.12. The third kappa shape index (κ3) is 2.49. The molecule has 5 heteroatoms. The molecule has 0 aliphatic carbocycles. The molecule has 2 rings (SSSR count). The first kappa shape index (κ1) is 10.9. The molecule has 0 atom stereocenters. The van der Waals surface area contributed by atoms with Crippen LogP contribution in [-0.4, -0.2) is 9.97 Å². The molecule has 0 fully saturated rings. The minimum atomic E-state index is 0.682. The van der Waals surface area contributed by atoms with Gasteiger partial charge in [0, 0.05) is 17.3 Å². The highest BCUT2D eigenvalue weighted by Crippen LogP contribution is 2.18. The number of hydrogen-bond acceptors (Lipinski definition) is 5. The number of rotatable bonds is 3. The van der Waals surface area contributed by atoms with Crippen LogP contribution in [0.15, 0.2) is 18.5 Å². The van der Waals surface area contributed by atoms with E-state index in [0.717, 1.165) is 16.4 Å². The molecule has 2 aromatic rings. The van der Waals surface area contributed by atoms with Crippen molar-refractivity contribution in [3.05, 3.63) is 33.9 Å². The quantitative estimate of drug-likeness (QED) is 0.855. The summed E-state index contributed by atoms with van der Waals surface area (Å²) in [6.45, 7) is 4.68. The van der Waals surface area contributed by atoms with E-state index in [4.69, 9.17) is 5.73 Å². The molecule has 0 radical (unpaired) electrons. The van der Waals surface area contributed by atoms with Crippen LogP contribution in [0.3, 0.4) is 0 Å². The number of nitrogens with one attached hydrogen (secondary N) is 1. The molecule has 2 heterocycles. The summed E-state index contributed by atoms with van der Waals surface area (Å²) < 4.78 is 0. The maximum Gasteiger partial charge on any atom is 0.149 e. The Morgan fingerprint density at radius 1 is 1.31 bits per heavy atom. The van der Waals surface area contributed by atoms with Crippen LogP contribution in [0.4, 0.5) is 11.5 Å². The summed E-state index contributed by atoms with van der Waals surface area (Å²) >= 11 is 1.67. The van der Waals surface area contributed by atoms with Crippen molar-refractivity contribution >= 4 is 22.8 Å². The molecule has 0 aromatic carbocycles. The van der Waals surface area contributed by atoms with E-state index in [2.05, 4.69) is 15.3 Å². The van der Waals surface area contributed by atoms with E-state index in [-0.39, 0.29) is 0 Å². The average molecular weight is 234 g/mol. The first-order valence-corrected chi connectivity index (χ1v) is 5.84. The molecule has 0 unspecified atom stereocenters. The van der Waals surface area contributed by atoms with Gasteiger partial charge in [-0.2, -0.15) is 0 Å². The second-order valence-electron chi connectivity index (χ2n) is 3.65. The summed E-state index contributed by atoms with van der Waals surface area (Å²) in [5, 5.41) is 4.28. The molecular formula is C11H14N4S. The highest BCUT2D eigenvalue weighted by molar-refractivity contribution is 7.11. The fourth-order valence-electron chi connectivity index (χ4n) is 1.40. The van der Waals surface area contributed by atoms with Crippen LogP contribution in [0.25, 0.3) is 0 Å². The van der Waals surface area contributed by atoms with Gasteiger partial charge in [0.1, 0.15) is 5.82 Å². The van der Waals surface area contributed by atoms with Crippen molar-refractivity contribution < 1.29 is 0 Å². The zero-order chi connectivity index (χ0) is 11.5. The Labute approximate surface area is 98.6 Å². The highest BCUT2D eigenvalue weighted by atomic mass is 32.1. The molecule has 0 amide bonds. The van der Waals surface area contributed by atoms with Gasteiger partial charge in [-0.25, -0.2) is 9.97 Å². The van der Waals surface area contributed by atoms with E-state index in [0.29, 0.717) is 12.2 Å². The van der Waals surface area contributed by atoms with E-state index < -0.39 is 0 Å². The molecular weight excluding hydrogens is 220 g/mol. The van der Waals surface area contributed by atoms with Gasteiger partial charge >= 0.3 is 0 Å². The Hall–Kier alpha value is -1.62. The summed E-state index contributed by atoms with van der Waals surface area (Å²) in [6.07, 6.45) is 3.67. The van der Waals surface area contributed by atoms with Gasteiger partial charge in [0.2, 0.25) is 0 Å². The average Bonchev–Trinajstić information content (AvgIpc) is 2.63. The van der Waals surface area contributed by atoms with Gasteiger partial charge in [0.05, 0.1) is 17.2 Å². The number of nitrogens with two attached hydrogens (primary N) is 1. The second-order valence-corrected chi connectivity index (χ2v) is 4.97. The molecule has 3 N–H and O–H groups in total. The number of nitrogen functional groups attached to an aromatic ring is 1. The number of hydrogen-bond donors (Lipinski definition) is 2. The topological polar surface area (TPSA) is 63.8 Å². The van der Waals surface area contributed by atoms with Crippen LogP contribution in [0.1, 0.15) is 15.4 Å². The van der Waals surface area contributed by atoms with Gasteiger partial charge in [-0.3, -0.25) is 0 Å². The maximum absolute atomic E-state index is 5.85. The summed E-state index contributed by atoms with van der Waals surface area (Å²) in [5.41, 5.74) is 7.60. The van der Waals surface area contributed by atoms with Gasteiger partial charge in [-0.15, -0.1) is 11.3 Å². The van der Waals surface area contributed by atoms with Gasteiger partial charge in [-0.1, -0.05) is 0 Å². The van der Waals surface area contributed by atoms with Crippen molar-refractivity contribution in [2.24, 2.45) is 0 Å². The number of anilines is 2. The number of pyridine rings is 1. The minimum Gasteiger partial charge on any atom is -0.396 e. The van der Waals surface area contributed by atoms with Crippen molar-refractivity contribution in [3.63, 3.8) is 0 Å². The molecule has 16 heavy (non-hydrogen) atoms. The first-order chi connectivity index (χ1) is 7.65. The fraction of sp³-hybridized carbons (Fsp3) is 0.273. The number of aromatic nitrogens is 2. The number of nitrogens with zero attached hydrogens (tertiary/aromatic N) is 2. The lowest BCUT2D eigenvalue weighted by atomic mass is 10.3. The minimum absolute atomic E-state index is 0.682. The lowest BCUT2D eigenvalue weighted by Gasteiger charge is -2.07. The van der Waals surface area contributed by atoms with Gasteiger partial charge < -0.3 is 11.1 Å². The third-order valence-corrected chi connectivity index (χ3v) is 3.07. The van der Waals surface area contributed by atoms with Gasteiger partial charge in [0.15, 0.2) is 0 Å². The molecule has 0 spiro atoms. The molecule has 0 bridgehead atoms. The molecule has 4 nitrogen and oxygen atoms in total. The van der Waals surface area contributed by atoms with Crippen molar-refractivity contribution in [3.8, 4) is 0 Å². The normalized spacial score (nSPS) is 10.4. The summed E-state index contributed by atoms with van der Waals surface area (Å²) in [4.78, 5) is 9.62. The van der Waals surface area contributed by atoms with Crippen molar-refractivity contribution in [2.45, 2.75) is 20.4 Å². The van der Waals surface area contributed by atoms with Crippen LogP contribution in [0.2, 0.25) is 0 Å². The predicted molar refractivity (Wildman–Crippen MR) is 67.6 cm³/mol. The van der Waals surface area contributed by atoms with Crippen LogP contribution in [-0.2, 0) is 6.54 Å². The van der Waals surface area contributed by atoms with Gasteiger partial charge in [-0.05, 0) is 25.5 Å². The van der Waals surface area contributed by atoms with Crippen molar-refractivity contribution in [1.29, 1.82) is 0 Å². The Kier molecular flexibility index (Phi) is 3.05. The van der Waals surface area contributed by atoms with Gasteiger partial charge in [0.25, 0.3) is 0 Å². The number of aryl methyl sites for hydroxylation is 2. The Bertz CT molecular complexity index is 492. The molecule has 84 valence electrons. The smallest absolute Gasteiger partial charge is 0.149 e. The monoisotopic (exact) mass is 234 g/mol. The fourth-order valence-corrected chi connectivity index (χ4v) is 2.13. The molecule has 0 aliphatic rings. The summed E-state index contributed by atoms with van der Waals surface area (Å²) in [5.74, 6) is 0.733. The highest BCUT2D eigenvalue weighted by Gasteiger charge is 2.02. The van der Waals surface area contributed by atoms with Crippen LogP contribution >= 0.6 is 11.3 Å². The van der Waals surface area contributed by atoms with Crippen LogP contribution in [0.5, 0.6) is 0 Å². The molecule has 0 aliphatic heterocycles. The van der Waals surface area contributed by atoms with Crippen LogP contribution < -0.4 is 11.1 Å². The summed E-state index contributed by atoms with van der Waals surface area (Å²) in [6, 6.07) is 1.91. The Balaban J connectivity index is 2.04. The summed E-state index contributed by atoms with van der Waals surface area (Å²) in [7, 11) is 0. The Morgan fingerprint density at radius 2 is 2.12 bits per heavy atom. The third-order valence-electron chi connectivity index (χ3n) is 2.15. The van der Waals surface area contributed by atoms with Crippen molar-refractivity contribution in [2.75, 3.05) is 11.1 Å². The maximum atomic E-state index is 5.85. The standard InChI is InChI=1S/C11H14N4S/c1-7-3-10(12)11(14-4-7)15-6-9-5-13-8(2)16-9/h3-5H,6,12H2,1-2H3,(H,14,15). The largest absolute Gasteiger partial charge is 0.396 e. The van der Waals surface area contributed by atoms with Crippen LogP contribution in [0, 0.1) is 13.8 Å².